The Morgan fingerprint density at radius 2 is 1.94 bits per heavy atom. The minimum Gasteiger partial charge on any atom is -0.381 e. The van der Waals surface area contributed by atoms with Gasteiger partial charge in [-0.15, -0.1) is 0 Å². The number of ether oxygens (including phenoxy) is 1. The van der Waals surface area contributed by atoms with Crippen LogP contribution >= 0.6 is 0 Å². The summed E-state index contributed by atoms with van der Waals surface area (Å²) in [5, 5.41) is 0. The van der Waals surface area contributed by atoms with Gasteiger partial charge in [-0.3, -0.25) is 9.78 Å². The molecule has 1 aromatic heterocycles. The Balaban J connectivity index is 2.11. The molecule has 0 bridgehead atoms. The summed E-state index contributed by atoms with van der Waals surface area (Å²) in [4.78, 5) is 15.6. The van der Waals surface area contributed by atoms with Crippen LogP contribution in [0.3, 0.4) is 0 Å². The number of nitrogens with zero attached hydrogens (tertiary/aromatic N) is 1. The highest BCUT2D eigenvalue weighted by Crippen LogP contribution is 2.29. The molecule has 0 aliphatic carbocycles. The second-order valence-electron chi connectivity index (χ2n) is 4.18. The highest BCUT2D eigenvalue weighted by atomic mass is 19.4. The third-order valence-corrected chi connectivity index (χ3v) is 2.94. The smallest absolute Gasteiger partial charge is 0.381 e. The third kappa shape index (κ3) is 2.87. The second kappa shape index (κ2) is 5.06. The van der Waals surface area contributed by atoms with Gasteiger partial charge >= 0.3 is 6.18 Å². The van der Waals surface area contributed by atoms with E-state index in [0.717, 1.165) is 12.1 Å². The van der Waals surface area contributed by atoms with Crippen LogP contribution in [0.1, 0.15) is 28.9 Å². The number of rotatable bonds is 2. The molecule has 0 amide bonds. The Hall–Kier alpha value is -1.43. The van der Waals surface area contributed by atoms with E-state index >= 15 is 0 Å². The van der Waals surface area contributed by atoms with E-state index in [4.69, 9.17) is 4.74 Å². The van der Waals surface area contributed by atoms with E-state index in [2.05, 4.69) is 4.98 Å². The molecule has 0 atom stereocenters. The van der Waals surface area contributed by atoms with E-state index in [1.54, 1.807) is 0 Å². The van der Waals surface area contributed by atoms with Crippen LogP contribution in [0.5, 0.6) is 0 Å². The quantitative estimate of drug-likeness (QED) is 0.766. The number of ketones is 1. The maximum Gasteiger partial charge on any atom is 0.417 e. The predicted molar refractivity (Wildman–Crippen MR) is 57.1 cm³/mol. The SMILES string of the molecule is O=C(c1ccc(C(F)(F)F)cn1)C1CCOCC1. The fourth-order valence-corrected chi connectivity index (χ4v) is 1.88. The monoisotopic (exact) mass is 259 g/mol. The Bertz CT molecular complexity index is 422. The summed E-state index contributed by atoms with van der Waals surface area (Å²) in [5.74, 6) is -0.394. The first-order valence-electron chi connectivity index (χ1n) is 5.63. The molecule has 1 fully saturated rings. The Morgan fingerprint density at radius 1 is 1.28 bits per heavy atom. The van der Waals surface area contributed by atoms with Crippen LogP contribution in [0.2, 0.25) is 0 Å². The van der Waals surface area contributed by atoms with Crippen LogP contribution in [0.4, 0.5) is 13.2 Å². The number of pyridine rings is 1. The highest BCUT2D eigenvalue weighted by molar-refractivity contribution is 5.96. The van der Waals surface area contributed by atoms with Gasteiger partial charge in [0.15, 0.2) is 5.78 Å². The number of carbonyl (C=O) groups is 1. The second-order valence-corrected chi connectivity index (χ2v) is 4.18. The molecule has 1 aliphatic rings. The molecular weight excluding hydrogens is 247 g/mol. The molecule has 18 heavy (non-hydrogen) atoms. The van der Waals surface area contributed by atoms with Gasteiger partial charge in [0.25, 0.3) is 0 Å². The van der Waals surface area contributed by atoms with Crippen molar-refractivity contribution in [3.8, 4) is 0 Å². The third-order valence-electron chi connectivity index (χ3n) is 2.94. The van der Waals surface area contributed by atoms with Crippen molar-refractivity contribution in [3.05, 3.63) is 29.6 Å². The zero-order chi connectivity index (χ0) is 13.2. The summed E-state index contributed by atoms with van der Waals surface area (Å²) in [6.07, 6.45) is -2.52. The zero-order valence-corrected chi connectivity index (χ0v) is 9.54. The summed E-state index contributed by atoms with van der Waals surface area (Å²) >= 11 is 0. The molecule has 2 rings (SSSR count). The van der Waals surface area contributed by atoms with Gasteiger partial charge in [0.05, 0.1) is 5.56 Å². The summed E-state index contributed by atoms with van der Waals surface area (Å²) in [6, 6.07) is 2.03. The standard InChI is InChI=1S/C12H12F3NO2/c13-12(14,15)9-1-2-10(16-7-9)11(17)8-3-5-18-6-4-8/h1-2,7-8H,3-6H2. The van der Waals surface area contributed by atoms with Crippen molar-refractivity contribution in [1.29, 1.82) is 0 Å². The van der Waals surface area contributed by atoms with Crippen LogP contribution in [-0.4, -0.2) is 24.0 Å². The van der Waals surface area contributed by atoms with Gasteiger partial charge in [-0.2, -0.15) is 13.2 Å². The first-order chi connectivity index (χ1) is 8.48. The fourth-order valence-electron chi connectivity index (χ4n) is 1.88. The summed E-state index contributed by atoms with van der Waals surface area (Å²) in [7, 11) is 0. The first-order valence-corrected chi connectivity index (χ1v) is 5.63. The van der Waals surface area contributed by atoms with E-state index in [0.29, 0.717) is 32.3 Å². The normalized spacial score (nSPS) is 17.7. The lowest BCUT2D eigenvalue weighted by molar-refractivity contribution is -0.137. The van der Waals surface area contributed by atoms with Crippen LogP contribution < -0.4 is 0 Å². The van der Waals surface area contributed by atoms with Crippen molar-refractivity contribution in [2.75, 3.05) is 13.2 Å². The molecule has 0 N–H and O–H groups in total. The van der Waals surface area contributed by atoms with Gasteiger partial charge in [0.2, 0.25) is 0 Å². The molecule has 1 aliphatic heterocycles. The van der Waals surface area contributed by atoms with Crippen molar-refractivity contribution >= 4 is 5.78 Å². The molecule has 1 aromatic rings. The maximum atomic E-state index is 12.3. The number of hydrogen-bond donors (Lipinski definition) is 0. The molecule has 2 heterocycles. The van der Waals surface area contributed by atoms with E-state index in [-0.39, 0.29) is 17.4 Å². The molecule has 98 valence electrons. The zero-order valence-electron chi connectivity index (χ0n) is 9.54. The van der Waals surface area contributed by atoms with Gasteiger partial charge < -0.3 is 4.74 Å². The molecule has 0 radical (unpaired) electrons. The lowest BCUT2D eigenvalue weighted by atomic mass is 9.93. The van der Waals surface area contributed by atoms with Gasteiger partial charge in [-0.1, -0.05) is 0 Å². The molecule has 0 aromatic carbocycles. The van der Waals surface area contributed by atoms with Gasteiger partial charge in [0.1, 0.15) is 5.69 Å². The fraction of sp³-hybridized carbons (Fsp3) is 0.500. The lowest BCUT2D eigenvalue weighted by Crippen LogP contribution is -2.24. The molecule has 6 heteroatoms. The Labute approximate surface area is 102 Å². The van der Waals surface area contributed by atoms with Crippen molar-refractivity contribution < 1.29 is 22.7 Å². The topological polar surface area (TPSA) is 39.2 Å². The van der Waals surface area contributed by atoms with E-state index < -0.39 is 11.7 Å². The number of aromatic nitrogens is 1. The summed E-state index contributed by atoms with van der Waals surface area (Å²) in [6.45, 7) is 1.02. The van der Waals surface area contributed by atoms with E-state index in [1.807, 2.05) is 0 Å². The Kier molecular flexibility index (Phi) is 3.65. The molecule has 0 unspecified atom stereocenters. The number of Topliss-reactive ketones (excluding diaryl/α,β-unsaturated/α-hetero) is 1. The number of hydrogen-bond acceptors (Lipinski definition) is 3. The van der Waals surface area contributed by atoms with Crippen molar-refractivity contribution in [2.45, 2.75) is 19.0 Å². The van der Waals surface area contributed by atoms with Crippen LogP contribution in [-0.2, 0) is 10.9 Å². The van der Waals surface area contributed by atoms with Gasteiger partial charge in [0, 0.05) is 25.3 Å². The molecule has 1 saturated heterocycles. The minimum absolute atomic E-state index is 0.0925. The molecule has 0 saturated carbocycles. The average Bonchev–Trinajstić information content (AvgIpc) is 2.38. The van der Waals surface area contributed by atoms with Gasteiger partial charge in [-0.05, 0) is 25.0 Å². The number of alkyl halides is 3. The van der Waals surface area contributed by atoms with E-state index in [1.165, 1.54) is 0 Å². The lowest BCUT2D eigenvalue weighted by Gasteiger charge is -2.20. The maximum absolute atomic E-state index is 12.3. The Morgan fingerprint density at radius 3 is 2.44 bits per heavy atom. The average molecular weight is 259 g/mol. The van der Waals surface area contributed by atoms with Crippen molar-refractivity contribution in [1.82, 2.24) is 4.98 Å². The predicted octanol–water partition coefficient (Wildman–Crippen LogP) is 2.71. The van der Waals surface area contributed by atoms with E-state index in [9.17, 15) is 18.0 Å². The van der Waals surface area contributed by atoms with Gasteiger partial charge in [-0.25, -0.2) is 0 Å². The first kappa shape index (κ1) is 13.0. The van der Waals surface area contributed by atoms with Crippen LogP contribution in [0.25, 0.3) is 0 Å². The van der Waals surface area contributed by atoms with Crippen molar-refractivity contribution in [2.24, 2.45) is 5.92 Å². The van der Waals surface area contributed by atoms with Crippen LogP contribution in [0.15, 0.2) is 18.3 Å². The minimum atomic E-state index is -4.42. The number of carbonyl (C=O) groups excluding carboxylic acids is 1. The number of halogens is 3. The summed E-state index contributed by atoms with van der Waals surface area (Å²) in [5.41, 5.74) is -0.749. The largest absolute Gasteiger partial charge is 0.417 e. The van der Waals surface area contributed by atoms with Crippen LogP contribution in [0, 0.1) is 5.92 Å². The molecular formula is C12H12F3NO2. The summed E-state index contributed by atoms with van der Waals surface area (Å²) < 4.78 is 42.1. The molecule has 0 spiro atoms. The molecule has 3 nitrogen and oxygen atoms in total. The highest BCUT2D eigenvalue weighted by Gasteiger charge is 2.31. The van der Waals surface area contributed by atoms with Crippen molar-refractivity contribution in [3.63, 3.8) is 0 Å².